The van der Waals surface area contributed by atoms with Crippen molar-refractivity contribution >= 4 is 34.8 Å². The number of nitrogens with one attached hydrogen (secondary N) is 1. The summed E-state index contributed by atoms with van der Waals surface area (Å²) < 4.78 is 0. The van der Waals surface area contributed by atoms with E-state index in [1.807, 2.05) is 0 Å². The van der Waals surface area contributed by atoms with Gasteiger partial charge in [-0.25, -0.2) is 5.06 Å². The number of nitro groups is 1. The van der Waals surface area contributed by atoms with Gasteiger partial charge in [-0.1, -0.05) is 23.7 Å². The van der Waals surface area contributed by atoms with Gasteiger partial charge in [0, 0.05) is 17.2 Å². The number of hydroxylamine groups is 1. The summed E-state index contributed by atoms with van der Waals surface area (Å²) in [7, 11) is 0. The number of fused-ring (bicyclic) bond motifs is 1. The van der Waals surface area contributed by atoms with Crippen LogP contribution < -0.4 is 10.4 Å². The Balaban J connectivity index is 1.81. The molecular formula is C17H12ClN3O5. The summed E-state index contributed by atoms with van der Waals surface area (Å²) in [4.78, 5) is 40.7. The number of anilines is 1. The third-order valence-corrected chi connectivity index (χ3v) is 4.71. The van der Waals surface area contributed by atoms with Gasteiger partial charge in [-0.3, -0.25) is 29.9 Å². The summed E-state index contributed by atoms with van der Waals surface area (Å²) in [6.07, 6.45) is -0.984. The molecule has 1 N–H and O–H groups in total. The Labute approximate surface area is 152 Å². The first-order valence-electron chi connectivity index (χ1n) is 7.76. The lowest BCUT2D eigenvalue weighted by Crippen LogP contribution is -2.33. The molecular weight excluding hydrogens is 362 g/mol. The van der Waals surface area contributed by atoms with E-state index in [0.29, 0.717) is 16.3 Å². The fourth-order valence-corrected chi connectivity index (χ4v) is 3.43. The predicted octanol–water partition coefficient (Wildman–Crippen LogP) is 2.38. The van der Waals surface area contributed by atoms with E-state index in [1.165, 1.54) is 23.3 Å². The van der Waals surface area contributed by atoms with Gasteiger partial charge in [0.15, 0.2) is 6.10 Å². The van der Waals surface area contributed by atoms with Crippen LogP contribution in [0.25, 0.3) is 0 Å². The molecule has 0 saturated carbocycles. The molecule has 2 aromatic carbocycles. The molecule has 2 aromatic rings. The van der Waals surface area contributed by atoms with Gasteiger partial charge >= 0.3 is 0 Å². The molecule has 4 rings (SSSR count). The van der Waals surface area contributed by atoms with Crippen molar-refractivity contribution in [3.63, 3.8) is 0 Å². The maximum atomic E-state index is 12.3. The number of carbonyl (C=O) groups is 2. The molecule has 2 fully saturated rings. The van der Waals surface area contributed by atoms with Crippen LogP contribution in [0, 0.1) is 16.0 Å². The van der Waals surface area contributed by atoms with E-state index >= 15 is 0 Å². The lowest BCUT2D eigenvalue weighted by atomic mass is 9.90. The maximum absolute atomic E-state index is 12.3. The number of hydrogen-bond acceptors (Lipinski definition) is 6. The van der Waals surface area contributed by atoms with Crippen LogP contribution in [0.3, 0.4) is 0 Å². The Morgan fingerprint density at radius 3 is 2.54 bits per heavy atom. The lowest BCUT2D eigenvalue weighted by molar-refractivity contribution is -0.384. The van der Waals surface area contributed by atoms with Crippen molar-refractivity contribution in [3.05, 3.63) is 69.2 Å². The van der Waals surface area contributed by atoms with Crippen LogP contribution in [0.5, 0.6) is 0 Å². The summed E-state index contributed by atoms with van der Waals surface area (Å²) in [6, 6.07) is 12.0. The second-order valence-electron chi connectivity index (χ2n) is 6.00. The van der Waals surface area contributed by atoms with Crippen molar-refractivity contribution in [1.82, 2.24) is 5.32 Å². The van der Waals surface area contributed by atoms with Gasteiger partial charge in [0.05, 0.1) is 16.7 Å². The van der Waals surface area contributed by atoms with Crippen molar-refractivity contribution in [1.29, 1.82) is 0 Å². The standard InChI is InChI=1S/C17H12ClN3O5/c18-10-4-6-11(7-5-10)20-14(9-2-1-3-12(8-9)21(24)25)13-15(26-20)17(23)19-16(13)22/h1-8,13-15H,(H,19,22,23). The summed E-state index contributed by atoms with van der Waals surface area (Å²) in [5.41, 5.74) is 0.985. The van der Waals surface area contributed by atoms with Gasteiger partial charge in [-0.05, 0) is 29.8 Å². The molecule has 132 valence electrons. The zero-order chi connectivity index (χ0) is 18.4. The molecule has 2 aliphatic heterocycles. The van der Waals surface area contributed by atoms with E-state index in [4.69, 9.17) is 16.4 Å². The Hall–Kier alpha value is -2.97. The van der Waals surface area contributed by atoms with Gasteiger partial charge in [0.25, 0.3) is 11.6 Å². The van der Waals surface area contributed by atoms with Crippen molar-refractivity contribution in [2.24, 2.45) is 5.92 Å². The topological polar surface area (TPSA) is 102 Å². The monoisotopic (exact) mass is 373 g/mol. The summed E-state index contributed by atoms with van der Waals surface area (Å²) >= 11 is 5.92. The highest BCUT2D eigenvalue weighted by Crippen LogP contribution is 2.45. The quantitative estimate of drug-likeness (QED) is 0.503. The number of nitro benzene ring substituents is 1. The molecule has 2 amide bonds. The normalized spacial score (nSPS) is 24.5. The minimum atomic E-state index is -0.984. The Morgan fingerprint density at radius 2 is 1.85 bits per heavy atom. The van der Waals surface area contributed by atoms with Crippen LogP contribution in [0.2, 0.25) is 5.02 Å². The van der Waals surface area contributed by atoms with Crippen molar-refractivity contribution in [2.45, 2.75) is 12.1 Å². The number of rotatable bonds is 3. The van der Waals surface area contributed by atoms with Gasteiger partial charge in [-0.2, -0.15) is 0 Å². The van der Waals surface area contributed by atoms with E-state index in [1.54, 1.807) is 30.3 Å². The van der Waals surface area contributed by atoms with Crippen LogP contribution in [0.4, 0.5) is 11.4 Å². The van der Waals surface area contributed by atoms with Crippen molar-refractivity contribution in [3.8, 4) is 0 Å². The molecule has 0 bridgehead atoms. The summed E-state index contributed by atoms with van der Waals surface area (Å²) in [5, 5.41) is 15.3. The average molecular weight is 374 g/mol. The predicted molar refractivity (Wildman–Crippen MR) is 91.3 cm³/mol. The van der Waals surface area contributed by atoms with E-state index in [2.05, 4.69) is 5.32 Å². The van der Waals surface area contributed by atoms with Gasteiger partial charge in [0.2, 0.25) is 5.91 Å². The van der Waals surface area contributed by atoms with Crippen LogP contribution >= 0.6 is 11.6 Å². The molecule has 2 saturated heterocycles. The first kappa shape index (κ1) is 16.5. The van der Waals surface area contributed by atoms with E-state index in [0.717, 1.165) is 0 Å². The van der Waals surface area contributed by atoms with Crippen LogP contribution in [0.1, 0.15) is 11.6 Å². The molecule has 8 nitrogen and oxygen atoms in total. The van der Waals surface area contributed by atoms with Gasteiger partial charge in [0.1, 0.15) is 5.92 Å². The Bertz CT molecular complexity index is 917. The molecule has 26 heavy (non-hydrogen) atoms. The Kier molecular flexibility index (Phi) is 3.86. The average Bonchev–Trinajstić information content (AvgIpc) is 3.14. The van der Waals surface area contributed by atoms with Gasteiger partial charge < -0.3 is 0 Å². The third-order valence-electron chi connectivity index (χ3n) is 4.46. The lowest BCUT2D eigenvalue weighted by Gasteiger charge is -2.27. The largest absolute Gasteiger partial charge is 0.294 e. The SMILES string of the molecule is O=C1NC(=O)C2C1ON(c1ccc(Cl)cc1)C2c1cccc([N+](=O)[O-])c1. The summed E-state index contributed by atoms with van der Waals surface area (Å²) in [6.45, 7) is 0. The van der Waals surface area contributed by atoms with Gasteiger partial charge in [-0.15, -0.1) is 0 Å². The second kappa shape index (κ2) is 6.08. The minimum Gasteiger partial charge on any atom is -0.294 e. The number of benzene rings is 2. The number of non-ortho nitro benzene ring substituents is 1. The van der Waals surface area contributed by atoms with Crippen molar-refractivity contribution < 1.29 is 19.3 Å². The highest BCUT2D eigenvalue weighted by Gasteiger charge is 2.56. The third kappa shape index (κ3) is 2.59. The fourth-order valence-electron chi connectivity index (χ4n) is 3.31. The molecule has 0 radical (unpaired) electrons. The maximum Gasteiger partial charge on any atom is 0.269 e. The highest BCUT2D eigenvalue weighted by atomic mass is 35.5. The highest BCUT2D eigenvalue weighted by molar-refractivity contribution is 6.30. The first-order valence-corrected chi connectivity index (χ1v) is 8.14. The molecule has 3 unspecified atom stereocenters. The van der Waals surface area contributed by atoms with Crippen LogP contribution in [0.15, 0.2) is 48.5 Å². The molecule has 2 heterocycles. The van der Waals surface area contributed by atoms with E-state index < -0.39 is 34.8 Å². The zero-order valence-corrected chi connectivity index (χ0v) is 13.9. The zero-order valence-electron chi connectivity index (χ0n) is 13.2. The number of hydrogen-bond donors (Lipinski definition) is 1. The minimum absolute atomic E-state index is 0.105. The molecule has 2 aliphatic rings. The smallest absolute Gasteiger partial charge is 0.269 e. The van der Waals surface area contributed by atoms with Crippen LogP contribution in [-0.2, 0) is 14.4 Å². The second-order valence-corrected chi connectivity index (χ2v) is 6.44. The number of nitrogens with zero attached hydrogens (tertiary/aromatic N) is 2. The van der Waals surface area contributed by atoms with E-state index in [9.17, 15) is 19.7 Å². The molecule has 0 aliphatic carbocycles. The molecule has 9 heteroatoms. The van der Waals surface area contributed by atoms with E-state index in [-0.39, 0.29) is 5.69 Å². The number of imide groups is 1. The first-order chi connectivity index (χ1) is 12.5. The number of amides is 2. The number of halogens is 1. The summed E-state index contributed by atoms with van der Waals surface area (Å²) in [5.74, 6) is -1.79. The molecule has 3 atom stereocenters. The Morgan fingerprint density at radius 1 is 1.12 bits per heavy atom. The fraction of sp³-hybridized carbons (Fsp3) is 0.176. The molecule has 0 aromatic heterocycles. The number of carbonyl (C=O) groups excluding carboxylic acids is 2. The van der Waals surface area contributed by atoms with Crippen LogP contribution in [-0.4, -0.2) is 22.8 Å². The van der Waals surface area contributed by atoms with Crippen molar-refractivity contribution in [2.75, 3.05) is 5.06 Å². The molecule has 0 spiro atoms.